The molecule has 0 aliphatic rings. The Balaban J connectivity index is 4.27. The molecule has 0 radical (unpaired) electrons. The third kappa shape index (κ3) is 4.54. The van der Waals surface area contributed by atoms with E-state index in [-0.39, 0.29) is 0 Å². The van der Waals surface area contributed by atoms with E-state index in [9.17, 15) is 0 Å². The molecule has 0 spiro atoms. The van der Waals surface area contributed by atoms with Gasteiger partial charge in [-0.05, 0) is 33.3 Å². The van der Waals surface area contributed by atoms with Crippen molar-refractivity contribution in [3.05, 3.63) is 23.9 Å². The fourth-order valence-corrected chi connectivity index (χ4v) is 0.853. The third-order valence-corrected chi connectivity index (χ3v) is 1.42. The second kappa shape index (κ2) is 5.90. The van der Waals surface area contributed by atoms with Gasteiger partial charge in [0, 0.05) is 11.4 Å². The molecule has 0 saturated heterocycles. The highest BCUT2D eigenvalue weighted by atomic mass is 14.7. The molecule has 0 atom stereocenters. The normalized spacial score (nSPS) is 14.5. The Labute approximate surface area is 69.5 Å². The van der Waals surface area contributed by atoms with Gasteiger partial charge in [-0.25, -0.2) is 0 Å². The minimum absolute atomic E-state index is 1.01. The Morgan fingerprint density at radius 3 is 2.36 bits per heavy atom. The molecule has 11 heavy (non-hydrogen) atoms. The fraction of sp³-hybridized carbons (Fsp3) is 0.500. The van der Waals surface area contributed by atoms with Crippen LogP contribution in [0.3, 0.4) is 0 Å². The lowest BCUT2D eigenvalue weighted by Crippen LogP contribution is -1.85. The molecule has 0 aliphatic heterocycles. The SMILES string of the molecule is C\C=C/C(C)=N\C(=C/C)CC. The van der Waals surface area contributed by atoms with Gasteiger partial charge in [0.25, 0.3) is 0 Å². The van der Waals surface area contributed by atoms with E-state index in [1.807, 2.05) is 39.0 Å². The van der Waals surface area contributed by atoms with Crippen molar-refractivity contribution in [3.8, 4) is 0 Å². The quantitative estimate of drug-likeness (QED) is 0.548. The fourth-order valence-electron chi connectivity index (χ4n) is 0.853. The van der Waals surface area contributed by atoms with Crippen LogP contribution in [0.25, 0.3) is 0 Å². The highest BCUT2D eigenvalue weighted by molar-refractivity contribution is 5.93. The van der Waals surface area contributed by atoms with Crippen LogP contribution in [0, 0.1) is 0 Å². The van der Waals surface area contributed by atoms with Crippen LogP contribution in [-0.4, -0.2) is 5.71 Å². The van der Waals surface area contributed by atoms with E-state index in [0.29, 0.717) is 0 Å². The molecule has 62 valence electrons. The minimum atomic E-state index is 1.01. The van der Waals surface area contributed by atoms with Gasteiger partial charge in [0.05, 0.1) is 0 Å². The van der Waals surface area contributed by atoms with E-state index < -0.39 is 0 Å². The number of nitrogens with zero attached hydrogens (tertiary/aromatic N) is 1. The maximum absolute atomic E-state index is 4.39. The molecule has 0 unspecified atom stereocenters. The number of aliphatic imine (C=N–C) groups is 1. The molecule has 0 amide bonds. The van der Waals surface area contributed by atoms with E-state index in [1.54, 1.807) is 0 Å². The molecule has 0 fully saturated rings. The second-order valence-electron chi connectivity index (χ2n) is 2.39. The summed E-state index contributed by atoms with van der Waals surface area (Å²) in [6.45, 7) is 8.15. The third-order valence-electron chi connectivity index (χ3n) is 1.42. The minimum Gasteiger partial charge on any atom is -0.259 e. The first kappa shape index (κ1) is 10.2. The van der Waals surface area contributed by atoms with Gasteiger partial charge in [-0.1, -0.05) is 19.1 Å². The van der Waals surface area contributed by atoms with Crippen LogP contribution in [0.5, 0.6) is 0 Å². The topological polar surface area (TPSA) is 12.4 Å². The summed E-state index contributed by atoms with van der Waals surface area (Å²) in [5, 5.41) is 0. The van der Waals surface area contributed by atoms with Gasteiger partial charge in [0.15, 0.2) is 0 Å². The summed E-state index contributed by atoms with van der Waals surface area (Å²) in [6.07, 6.45) is 7.07. The zero-order valence-electron chi connectivity index (χ0n) is 7.89. The van der Waals surface area contributed by atoms with E-state index in [4.69, 9.17) is 0 Å². The van der Waals surface area contributed by atoms with Gasteiger partial charge in [-0.3, -0.25) is 4.99 Å². The maximum Gasteiger partial charge on any atom is 0.0372 e. The van der Waals surface area contributed by atoms with Gasteiger partial charge in [0.1, 0.15) is 0 Å². The highest BCUT2D eigenvalue weighted by Crippen LogP contribution is 2.02. The van der Waals surface area contributed by atoms with Crippen molar-refractivity contribution >= 4 is 5.71 Å². The lowest BCUT2D eigenvalue weighted by Gasteiger charge is -1.95. The largest absolute Gasteiger partial charge is 0.259 e. The summed E-state index contributed by atoms with van der Waals surface area (Å²) in [7, 11) is 0. The van der Waals surface area contributed by atoms with Crippen molar-refractivity contribution in [2.75, 3.05) is 0 Å². The molecule has 0 aromatic rings. The summed E-state index contributed by atoms with van der Waals surface area (Å²) in [5.41, 5.74) is 2.23. The predicted molar refractivity (Wildman–Crippen MR) is 52.0 cm³/mol. The Morgan fingerprint density at radius 1 is 1.36 bits per heavy atom. The smallest absolute Gasteiger partial charge is 0.0372 e. The van der Waals surface area contributed by atoms with E-state index in [1.165, 1.54) is 0 Å². The summed E-state index contributed by atoms with van der Waals surface area (Å²) >= 11 is 0. The molecule has 0 N–H and O–H groups in total. The van der Waals surface area contributed by atoms with Crippen LogP contribution >= 0.6 is 0 Å². The molecular weight excluding hydrogens is 134 g/mol. The summed E-state index contributed by atoms with van der Waals surface area (Å²) in [5.74, 6) is 0. The first-order valence-electron chi connectivity index (χ1n) is 4.07. The van der Waals surface area contributed by atoms with Crippen LogP contribution in [-0.2, 0) is 0 Å². The Morgan fingerprint density at radius 2 is 2.00 bits per heavy atom. The summed E-state index contributed by atoms with van der Waals surface area (Å²) < 4.78 is 0. The molecule has 1 heteroatoms. The van der Waals surface area contributed by atoms with Crippen LogP contribution in [0.4, 0.5) is 0 Å². The number of hydrogen-bond donors (Lipinski definition) is 0. The van der Waals surface area contributed by atoms with Gasteiger partial charge >= 0.3 is 0 Å². The van der Waals surface area contributed by atoms with Crippen molar-refractivity contribution in [2.45, 2.75) is 34.1 Å². The van der Waals surface area contributed by atoms with Crippen LogP contribution in [0.15, 0.2) is 28.9 Å². The lowest BCUT2D eigenvalue weighted by molar-refractivity contribution is 1.06. The van der Waals surface area contributed by atoms with E-state index in [0.717, 1.165) is 17.8 Å². The molecule has 0 aromatic heterocycles. The van der Waals surface area contributed by atoms with Crippen LogP contribution in [0.2, 0.25) is 0 Å². The average Bonchev–Trinajstić information content (AvgIpc) is 2.01. The molecule has 0 rings (SSSR count). The van der Waals surface area contributed by atoms with E-state index in [2.05, 4.69) is 11.9 Å². The van der Waals surface area contributed by atoms with Gasteiger partial charge in [0.2, 0.25) is 0 Å². The Kier molecular flexibility index (Phi) is 5.44. The van der Waals surface area contributed by atoms with Crippen molar-refractivity contribution in [1.82, 2.24) is 0 Å². The summed E-state index contributed by atoms with van der Waals surface area (Å²) in [6, 6.07) is 0. The molecule has 0 aromatic carbocycles. The monoisotopic (exact) mass is 151 g/mol. The molecule has 0 saturated carbocycles. The van der Waals surface area contributed by atoms with Crippen molar-refractivity contribution in [2.24, 2.45) is 4.99 Å². The van der Waals surface area contributed by atoms with Crippen molar-refractivity contribution in [3.63, 3.8) is 0 Å². The first-order valence-corrected chi connectivity index (χ1v) is 4.07. The van der Waals surface area contributed by atoms with Crippen molar-refractivity contribution in [1.29, 1.82) is 0 Å². The van der Waals surface area contributed by atoms with Crippen LogP contribution < -0.4 is 0 Å². The van der Waals surface area contributed by atoms with Gasteiger partial charge in [-0.2, -0.15) is 0 Å². The Hall–Kier alpha value is -0.850. The zero-order valence-corrected chi connectivity index (χ0v) is 7.89. The molecule has 1 nitrogen and oxygen atoms in total. The molecule has 0 aliphatic carbocycles. The standard InChI is InChI=1S/C10H17N/c1-5-8-9(4)11-10(6-2)7-3/h5-6,8H,7H2,1-4H3/b8-5-,10-6-,11-9-. The predicted octanol–water partition coefficient (Wildman–Crippen LogP) is 3.34. The first-order chi connectivity index (χ1) is 5.24. The molecule has 0 heterocycles. The Bertz CT molecular complexity index is 185. The van der Waals surface area contributed by atoms with Gasteiger partial charge in [-0.15, -0.1) is 0 Å². The highest BCUT2D eigenvalue weighted by Gasteiger charge is 1.87. The van der Waals surface area contributed by atoms with Gasteiger partial charge < -0.3 is 0 Å². The molecular formula is C10H17N. The van der Waals surface area contributed by atoms with Crippen molar-refractivity contribution < 1.29 is 0 Å². The zero-order chi connectivity index (χ0) is 8.69. The summed E-state index contributed by atoms with van der Waals surface area (Å²) in [4.78, 5) is 4.39. The number of rotatable bonds is 3. The molecule has 0 bridgehead atoms. The van der Waals surface area contributed by atoms with Crippen LogP contribution in [0.1, 0.15) is 34.1 Å². The lowest BCUT2D eigenvalue weighted by atomic mass is 10.3. The maximum atomic E-state index is 4.39. The number of hydrogen-bond acceptors (Lipinski definition) is 1. The second-order valence-corrected chi connectivity index (χ2v) is 2.39. The average molecular weight is 151 g/mol. The van der Waals surface area contributed by atoms with E-state index >= 15 is 0 Å². The number of allylic oxidation sites excluding steroid dienone is 4.